The van der Waals surface area contributed by atoms with Gasteiger partial charge in [0.2, 0.25) is 0 Å². The number of aromatic nitrogens is 1. The lowest BCUT2D eigenvalue weighted by Gasteiger charge is -2.41. The first-order valence-corrected chi connectivity index (χ1v) is 13.9. The van der Waals surface area contributed by atoms with Crippen LogP contribution in [0.2, 0.25) is 5.02 Å². The Labute approximate surface area is 221 Å². The number of halogens is 2. The van der Waals surface area contributed by atoms with Crippen LogP contribution in [-0.2, 0) is 11.2 Å². The highest BCUT2D eigenvalue weighted by Gasteiger charge is 2.37. The summed E-state index contributed by atoms with van der Waals surface area (Å²) in [7, 11) is 1.57. The molecule has 1 aliphatic rings. The molecule has 1 fully saturated rings. The number of unbranched alkanes of at least 4 members (excludes halogenated alkanes) is 1. The molecule has 1 saturated heterocycles. The maximum absolute atomic E-state index is 15.7. The van der Waals surface area contributed by atoms with Crippen molar-refractivity contribution in [2.75, 3.05) is 26.7 Å². The Morgan fingerprint density at radius 1 is 1.31 bits per heavy atom. The Kier molecular flexibility index (Phi) is 9.20. The molecule has 1 atom stereocenters. The number of hydrogen-bond acceptors (Lipinski definition) is 5. The number of aliphatic carboxylic acids is 1. The molecule has 1 aliphatic heterocycles. The molecule has 36 heavy (non-hydrogen) atoms. The minimum absolute atomic E-state index is 0.0738. The summed E-state index contributed by atoms with van der Waals surface area (Å²) in [4.78, 5) is 18.5. The number of aryl methyl sites for hydroxylation is 1. The van der Waals surface area contributed by atoms with Gasteiger partial charge in [0, 0.05) is 17.1 Å². The maximum atomic E-state index is 15.7. The third kappa shape index (κ3) is 6.75. The SMILES string of the molecule is COc1ccc2ncc(Cl)c([C@H](F)CCC3(CC(=O)O)CCN(CCCCc4ccsc4)CC3)c2c1. The molecule has 0 unspecified atom stereocenters. The van der Waals surface area contributed by atoms with Crippen molar-refractivity contribution in [2.24, 2.45) is 5.41 Å². The summed E-state index contributed by atoms with van der Waals surface area (Å²) in [5.41, 5.74) is 2.08. The number of ether oxygens (including phenoxy) is 1. The van der Waals surface area contributed by atoms with Crippen LogP contribution in [0, 0.1) is 5.41 Å². The Hall–Kier alpha value is -2.22. The Bertz CT molecular complexity index is 1150. The van der Waals surface area contributed by atoms with E-state index < -0.39 is 17.6 Å². The highest BCUT2D eigenvalue weighted by molar-refractivity contribution is 7.07. The summed E-state index contributed by atoms with van der Waals surface area (Å²) in [5.74, 6) is -0.197. The maximum Gasteiger partial charge on any atom is 0.303 e. The molecule has 0 bridgehead atoms. The first-order valence-electron chi connectivity index (χ1n) is 12.6. The number of fused-ring (bicyclic) bond motifs is 1. The number of benzene rings is 1. The van der Waals surface area contributed by atoms with Gasteiger partial charge in [-0.2, -0.15) is 11.3 Å². The number of piperidine rings is 1. The van der Waals surface area contributed by atoms with Crippen LogP contribution in [0.1, 0.15) is 62.2 Å². The summed E-state index contributed by atoms with van der Waals surface area (Å²) in [6, 6.07) is 7.53. The van der Waals surface area contributed by atoms with Crippen LogP contribution in [0.3, 0.4) is 0 Å². The molecule has 5 nitrogen and oxygen atoms in total. The summed E-state index contributed by atoms with van der Waals surface area (Å²) in [5, 5.41) is 14.9. The van der Waals surface area contributed by atoms with Gasteiger partial charge in [0.1, 0.15) is 11.9 Å². The lowest BCUT2D eigenvalue weighted by molar-refractivity contribution is -0.141. The smallest absolute Gasteiger partial charge is 0.303 e. The molecule has 1 N–H and O–H groups in total. The Morgan fingerprint density at radius 3 is 2.81 bits per heavy atom. The average Bonchev–Trinajstić information content (AvgIpc) is 3.39. The van der Waals surface area contributed by atoms with Gasteiger partial charge in [-0.3, -0.25) is 9.78 Å². The standard InChI is InChI=1S/C28H34ClFN2O3S/c1-35-21-5-6-25-22(16-21)27(23(29)18-31-25)24(30)7-9-28(17-26(33)34)10-13-32(14-11-28)12-3-2-4-20-8-15-36-19-20/h5-6,8,15-16,18-19,24H,2-4,7,9-14,17H2,1H3,(H,33,34)/t24-/m1/s1. The fraction of sp³-hybridized carbons (Fsp3) is 0.500. The van der Waals surface area contributed by atoms with Crippen molar-refractivity contribution in [1.82, 2.24) is 9.88 Å². The summed E-state index contributed by atoms with van der Waals surface area (Å²) in [6.45, 7) is 2.75. The number of pyridine rings is 1. The molecule has 4 rings (SSSR count). The van der Waals surface area contributed by atoms with Crippen LogP contribution in [0.25, 0.3) is 10.9 Å². The lowest BCUT2D eigenvalue weighted by Crippen LogP contribution is -2.41. The number of carboxylic acids is 1. The molecule has 1 aromatic carbocycles. The van der Waals surface area contributed by atoms with Crippen molar-refractivity contribution in [3.8, 4) is 5.75 Å². The normalized spacial score (nSPS) is 16.8. The zero-order valence-electron chi connectivity index (χ0n) is 20.7. The fourth-order valence-corrected chi connectivity index (χ4v) is 6.35. The minimum atomic E-state index is -1.31. The van der Waals surface area contributed by atoms with Crippen molar-refractivity contribution >= 4 is 39.8 Å². The molecule has 8 heteroatoms. The highest BCUT2D eigenvalue weighted by atomic mass is 35.5. The molecule has 0 amide bonds. The predicted octanol–water partition coefficient (Wildman–Crippen LogP) is 7.33. The third-order valence-corrected chi connectivity index (χ3v) is 8.56. The first-order chi connectivity index (χ1) is 17.4. The van der Waals surface area contributed by atoms with E-state index in [2.05, 4.69) is 26.7 Å². The molecular weight excluding hydrogens is 499 g/mol. The molecule has 3 aromatic rings. The van der Waals surface area contributed by atoms with Gasteiger partial charge in [-0.05, 0) is 111 Å². The molecule has 194 valence electrons. The Morgan fingerprint density at radius 2 is 2.11 bits per heavy atom. The monoisotopic (exact) mass is 532 g/mol. The van der Waals surface area contributed by atoms with Gasteiger partial charge in [0.15, 0.2) is 0 Å². The van der Waals surface area contributed by atoms with Crippen LogP contribution in [0.15, 0.2) is 41.2 Å². The van der Waals surface area contributed by atoms with Gasteiger partial charge >= 0.3 is 5.97 Å². The number of carbonyl (C=O) groups is 1. The van der Waals surface area contributed by atoms with E-state index in [-0.39, 0.29) is 17.9 Å². The van der Waals surface area contributed by atoms with Crippen molar-refractivity contribution in [3.05, 3.63) is 57.4 Å². The average molecular weight is 533 g/mol. The van der Waals surface area contributed by atoms with Gasteiger partial charge in [0.25, 0.3) is 0 Å². The number of hydrogen-bond donors (Lipinski definition) is 1. The molecule has 3 heterocycles. The van der Waals surface area contributed by atoms with Crippen LogP contribution < -0.4 is 4.74 Å². The van der Waals surface area contributed by atoms with E-state index in [1.54, 1.807) is 36.6 Å². The van der Waals surface area contributed by atoms with E-state index in [1.165, 1.54) is 11.8 Å². The van der Waals surface area contributed by atoms with Crippen molar-refractivity contribution in [2.45, 2.75) is 57.5 Å². The second-order valence-corrected chi connectivity index (χ2v) is 11.1. The molecule has 0 saturated carbocycles. The number of likely N-dealkylation sites (tertiary alicyclic amines) is 1. The topological polar surface area (TPSA) is 62.7 Å². The first kappa shape index (κ1) is 26.8. The number of alkyl halides is 1. The number of carboxylic acid groups (broad SMARTS) is 1. The molecule has 0 radical (unpaired) electrons. The predicted molar refractivity (Wildman–Crippen MR) is 144 cm³/mol. The van der Waals surface area contributed by atoms with E-state index in [1.807, 2.05) is 0 Å². The van der Waals surface area contributed by atoms with E-state index in [0.29, 0.717) is 28.6 Å². The number of rotatable bonds is 12. The third-order valence-electron chi connectivity index (χ3n) is 7.52. The van der Waals surface area contributed by atoms with E-state index >= 15 is 4.39 Å². The van der Waals surface area contributed by atoms with Gasteiger partial charge in [0.05, 0.1) is 24.1 Å². The fourth-order valence-electron chi connectivity index (χ4n) is 5.38. The van der Waals surface area contributed by atoms with Crippen LogP contribution >= 0.6 is 22.9 Å². The zero-order chi connectivity index (χ0) is 25.5. The quantitative estimate of drug-likeness (QED) is 0.247. The molecular formula is C28H34ClFN2O3S. The second-order valence-electron chi connectivity index (χ2n) is 9.91. The molecule has 0 aliphatic carbocycles. The number of methoxy groups -OCH3 is 1. The van der Waals surface area contributed by atoms with Crippen molar-refractivity contribution in [1.29, 1.82) is 0 Å². The summed E-state index contributed by atoms with van der Waals surface area (Å²) in [6.07, 6.45) is 5.93. The van der Waals surface area contributed by atoms with E-state index in [9.17, 15) is 9.90 Å². The molecule has 0 spiro atoms. The second kappa shape index (κ2) is 12.3. The zero-order valence-corrected chi connectivity index (χ0v) is 22.3. The van der Waals surface area contributed by atoms with Crippen LogP contribution in [0.4, 0.5) is 4.39 Å². The van der Waals surface area contributed by atoms with Crippen LogP contribution in [-0.4, -0.2) is 47.7 Å². The molecule has 2 aromatic heterocycles. The number of thiophene rings is 1. The van der Waals surface area contributed by atoms with Gasteiger partial charge in [-0.25, -0.2) is 4.39 Å². The van der Waals surface area contributed by atoms with Gasteiger partial charge in [-0.1, -0.05) is 11.6 Å². The highest BCUT2D eigenvalue weighted by Crippen LogP contribution is 2.44. The van der Waals surface area contributed by atoms with Crippen LogP contribution in [0.5, 0.6) is 5.75 Å². The lowest BCUT2D eigenvalue weighted by atomic mass is 9.71. The summed E-state index contributed by atoms with van der Waals surface area (Å²) >= 11 is 8.14. The van der Waals surface area contributed by atoms with Crippen molar-refractivity contribution < 1.29 is 19.0 Å². The summed E-state index contributed by atoms with van der Waals surface area (Å²) < 4.78 is 21.0. The minimum Gasteiger partial charge on any atom is -0.497 e. The number of nitrogens with zero attached hydrogens (tertiary/aromatic N) is 2. The Balaban J connectivity index is 1.37. The van der Waals surface area contributed by atoms with E-state index in [4.69, 9.17) is 16.3 Å². The van der Waals surface area contributed by atoms with Gasteiger partial charge < -0.3 is 14.7 Å². The van der Waals surface area contributed by atoms with E-state index in [0.717, 1.165) is 51.7 Å². The van der Waals surface area contributed by atoms with Crippen molar-refractivity contribution in [3.63, 3.8) is 0 Å². The van der Waals surface area contributed by atoms with Gasteiger partial charge in [-0.15, -0.1) is 0 Å². The largest absolute Gasteiger partial charge is 0.497 e.